The zero-order chi connectivity index (χ0) is 16.1. The van der Waals surface area contributed by atoms with Crippen molar-refractivity contribution in [3.05, 3.63) is 95.1 Å². The Bertz CT molecular complexity index is 803. The number of rotatable bonds is 5. The Kier molecular flexibility index (Phi) is 4.68. The molecule has 0 spiro atoms. The monoisotopic (exact) mass is 300 g/mol. The summed E-state index contributed by atoms with van der Waals surface area (Å²) in [6.07, 6.45) is 2.83. The van der Waals surface area contributed by atoms with Gasteiger partial charge in [-0.2, -0.15) is 0 Å². The molecule has 0 aliphatic heterocycles. The van der Waals surface area contributed by atoms with Crippen LogP contribution in [0.15, 0.2) is 72.8 Å². The van der Waals surface area contributed by atoms with Crippen molar-refractivity contribution < 1.29 is 4.79 Å². The zero-order valence-corrected chi connectivity index (χ0v) is 13.3. The van der Waals surface area contributed by atoms with E-state index in [1.807, 2.05) is 24.3 Å². The van der Waals surface area contributed by atoms with Gasteiger partial charge in [0, 0.05) is 5.56 Å². The summed E-state index contributed by atoms with van der Waals surface area (Å²) >= 11 is 0. The molecular formula is C22H20O. The summed E-state index contributed by atoms with van der Waals surface area (Å²) in [7, 11) is 0. The molecule has 0 saturated heterocycles. The Morgan fingerprint density at radius 2 is 1.61 bits per heavy atom. The molecule has 0 heterocycles. The van der Waals surface area contributed by atoms with Crippen LogP contribution < -0.4 is 0 Å². The highest BCUT2D eigenvalue weighted by molar-refractivity contribution is 5.75. The fraction of sp³-hybridized carbons (Fsp3) is 0.136. The van der Waals surface area contributed by atoms with E-state index < -0.39 is 0 Å². The molecule has 0 amide bonds. The minimum Gasteiger partial charge on any atom is -0.298 e. The van der Waals surface area contributed by atoms with Gasteiger partial charge in [-0.05, 0) is 53.6 Å². The molecule has 0 N–H and O–H groups in total. The van der Waals surface area contributed by atoms with E-state index in [9.17, 15) is 4.79 Å². The van der Waals surface area contributed by atoms with Crippen molar-refractivity contribution >= 4 is 6.29 Å². The average molecular weight is 300 g/mol. The third-order valence-corrected chi connectivity index (χ3v) is 4.30. The molecule has 3 aromatic rings. The molecular weight excluding hydrogens is 280 g/mol. The van der Waals surface area contributed by atoms with Gasteiger partial charge in [0.2, 0.25) is 0 Å². The molecule has 0 atom stereocenters. The van der Waals surface area contributed by atoms with E-state index >= 15 is 0 Å². The van der Waals surface area contributed by atoms with Crippen molar-refractivity contribution in [1.29, 1.82) is 0 Å². The van der Waals surface area contributed by atoms with Gasteiger partial charge in [0.05, 0.1) is 0 Å². The number of carbonyl (C=O) groups is 1. The molecule has 0 aliphatic carbocycles. The summed E-state index contributed by atoms with van der Waals surface area (Å²) < 4.78 is 0. The van der Waals surface area contributed by atoms with Gasteiger partial charge in [-0.1, -0.05) is 66.7 Å². The van der Waals surface area contributed by atoms with Crippen LogP contribution >= 0.6 is 0 Å². The third-order valence-electron chi connectivity index (χ3n) is 4.30. The Balaban J connectivity index is 1.82. The van der Waals surface area contributed by atoms with Gasteiger partial charge in [-0.15, -0.1) is 0 Å². The van der Waals surface area contributed by atoms with Gasteiger partial charge < -0.3 is 0 Å². The predicted octanol–water partition coefficient (Wildman–Crippen LogP) is 5.26. The second-order valence-electron chi connectivity index (χ2n) is 5.82. The van der Waals surface area contributed by atoms with Crippen LogP contribution in [0.2, 0.25) is 0 Å². The maximum Gasteiger partial charge on any atom is 0.150 e. The standard InChI is InChI=1S/C22H20O/c1-17-20(14-13-18-7-5-8-19(15-18)16-23)11-6-12-22(17)21-9-3-2-4-10-21/h2-12,15-16H,13-14H2,1H3. The summed E-state index contributed by atoms with van der Waals surface area (Å²) in [5.74, 6) is 0. The molecule has 114 valence electrons. The van der Waals surface area contributed by atoms with E-state index in [1.165, 1.54) is 27.8 Å². The molecule has 0 bridgehead atoms. The van der Waals surface area contributed by atoms with Crippen LogP contribution in [0, 0.1) is 6.92 Å². The van der Waals surface area contributed by atoms with Crippen molar-refractivity contribution in [3.63, 3.8) is 0 Å². The van der Waals surface area contributed by atoms with Gasteiger partial charge in [0.1, 0.15) is 6.29 Å². The van der Waals surface area contributed by atoms with Crippen LogP contribution in [0.4, 0.5) is 0 Å². The zero-order valence-electron chi connectivity index (χ0n) is 13.3. The Morgan fingerprint density at radius 1 is 0.826 bits per heavy atom. The summed E-state index contributed by atoms with van der Waals surface area (Å²) in [6.45, 7) is 2.19. The van der Waals surface area contributed by atoms with Gasteiger partial charge in [-0.3, -0.25) is 4.79 Å². The number of aldehydes is 1. The van der Waals surface area contributed by atoms with E-state index in [0.29, 0.717) is 0 Å². The predicted molar refractivity (Wildman–Crippen MR) is 95.9 cm³/mol. The maximum atomic E-state index is 10.9. The smallest absolute Gasteiger partial charge is 0.150 e. The Hall–Kier alpha value is -2.67. The first-order valence-corrected chi connectivity index (χ1v) is 7.96. The first kappa shape index (κ1) is 15.2. The lowest BCUT2D eigenvalue weighted by atomic mass is 9.93. The van der Waals surface area contributed by atoms with E-state index in [1.54, 1.807) is 0 Å². The maximum absolute atomic E-state index is 10.9. The molecule has 3 rings (SSSR count). The number of benzene rings is 3. The van der Waals surface area contributed by atoms with Crippen LogP contribution in [0.5, 0.6) is 0 Å². The second kappa shape index (κ2) is 7.06. The topological polar surface area (TPSA) is 17.1 Å². The van der Waals surface area contributed by atoms with E-state index in [0.717, 1.165) is 24.7 Å². The number of hydrogen-bond acceptors (Lipinski definition) is 1. The Labute approximate surface area is 137 Å². The van der Waals surface area contributed by atoms with E-state index in [2.05, 4.69) is 55.5 Å². The van der Waals surface area contributed by atoms with Crippen molar-refractivity contribution in [2.24, 2.45) is 0 Å². The lowest BCUT2D eigenvalue weighted by Gasteiger charge is -2.12. The molecule has 0 aromatic heterocycles. The largest absolute Gasteiger partial charge is 0.298 e. The number of aryl methyl sites for hydroxylation is 2. The van der Waals surface area contributed by atoms with Gasteiger partial charge >= 0.3 is 0 Å². The SMILES string of the molecule is Cc1c(CCc2cccc(C=O)c2)cccc1-c1ccccc1. The van der Waals surface area contributed by atoms with Crippen molar-refractivity contribution in [3.8, 4) is 11.1 Å². The van der Waals surface area contributed by atoms with Crippen LogP contribution in [-0.4, -0.2) is 6.29 Å². The normalized spacial score (nSPS) is 10.5. The molecule has 0 fully saturated rings. The Morgan fingerprint density at radius 3 is 2.39 bits per heavy atom. The fourth-order valence-corrected chi connectivity index (χ4v) is 2.99. The minimum absolute atomic E-state index is 0.747. The summed E-state index contributed by atoms with van der Waals surface area (Å²) in [5, 5.41) is 0. The third kappa shape index (κ3) is 3.57. The fourth-order valence-electron chi connectivity index (χ4n) is 2.99. The van der Waals surface area contributed by atoms with E-state index in [-0.39, 0.29) is 0 Å². The average Bonchev–Trinajstić information content (AvgIpc) is 2.62. The molecule has 0 unspecified atom stereocenters. The highest BCUT2D eigenvalue weighted by atomic mass is 16.1. The highest BCUT2D eigenvalue weighted by Gasteiger charge is 2.06. The summed E-state index contributed by atoms with van der Waals surface area (Å²) in [4.78, 5) is 10.9. The lowest BCUT2D eigenvalue weighted by molar-refractivity contribution is 0.112. The first-order valence-electron chi connectivity index (χ1n) is 7.96. The molecule has 0 aliphatic rings. The van der Waals surface area contributed by atoms with Crippen LogP contribution in [0.3, 0.4) is 0 Å². The highest BCUT2D eigenvalue weighted by Crippen LogP contribution is 2.26. The number of carbonyl (C=O) groups excluding carboxylic acids is 1. The molecule has 1 nitrogen and oxygen atoms in total. The molecule has 3 aromatic carbocycles. The molecule has 23 heavy (non-hydrogen) atoms. The van der Waals surface area contributed by atoms with Crippen molar-refractivity contribution in [2.45, 2.75) is 19.8 Å². The molecule has 0 radical (unpaired) electrons. The molecule has 0 saturated carbocycles. The summed E-state index contributed by atoms with van der Waals surface area (Å²) in [5.41, 5.74) is 7.21. The first-order chi connectivity index (χ1) is 11.3. The van der Waals surface area contributed by atoms with Gasteiger partial charge in [-0.25, -0.2) is 0 Å². The number of hydrogen-bond donors (Lipinski definition) is 0. The minimum atomic E-state index is 0.747. The van der Waals surface area contributed by atoms with Crippen molar-refractivity contribution in [1.82, 2.24) is 0 Å². The van der Waals surface area contributed by atoms with E-state index in [4.69, 9.17) is 0 Å². The van der Waals surface area contributed by atoms with Gasteiger partial charge in [0.25, 0.3) is 0 Å². The molecule has 1 heteroatoms. The van der Waals surface area contributed by atoms with Crippen LogP contribution in [0.1, 0.15) is 27.0 Å². The van der Waals surface area contributed by atoms with Gasteiger partial charge in [0.15, 0.2) is 0 Å². The van der Waals surface area contributed by atoms with Crippen LogP contribution in [-0.2, 0) is 12.8 Å². The summed E-state index contributed by atoms with van der Waals surface area (Å²) in [6, 6.07) is 24.9. The quantitative estimate of drug-likeness (QED) is 0.587. The van der Waals surface area contributed by atoms with Crippen LogP contribution in [0.25, 0.3) is 11.1 Å². The second-order valence-corrected chi connectivity index (χ2v) is 5.82. The van der Waals surface area contributed by atoms with Crippen molar-refractivity contribution in [2.75, 3.05) is 0 Å². The lowest BCUT2D eigenvalue weighted by Crippen LogP contribution is -1.97.